The van der Waals surface area contributed by atoms with Crippen LogP contribution in [-0.4, -0.2) is 9.55 Å². The number of hydrogen-bond acceptors (Lipinski definition) is 2. The van der Waals surface area contributed by atoms with Gasteiger partial charge in [0.05, 0.1) is 6.04 Å². The van der Waals surface area contributed by atoms with E-state index in [1.54, 1.807) is 0 Å². The molecule has 1 atom stereocenters. The summed E-state index contributed by atoms with van der Waals surface area (Å²) in [5.74, 6) is 1.98. The van der Waals surface area contributed by atoms with Gasteiger partial charge in [0.15, 0.2) is 0 Å². The second kappa shape index (κ2) is 6.20. The van der Waals surface area contributed by atoms with Crippen LogP contribution in [0.2, 0.25) is 0 Å². The SMILES string of the molecule is CCn1ccnc1C(N)CCC1CCCCC1. The highest BCUT2D eigenvalue weighted by atomic mass is 15.1. The smallest absolute Gasteiger partial charge is 0.125 e. The number of rotatable bonds is 5. The molecule has 0 radical (unpaired) electrons. The Bertz CT molecular complexity index is 326. The van der Waals surface area contributed by atoms with Crippen molar-refractivity contribution in [1.29, 1.82) is 0 Å². The molecule has 1 aromatic rings. The van der Waals surface area contributed by atoms with Gasteiger partial charge in [-0.05, 0) is 25.7 Å². The van der Waals surface area contributed by atoms with Crippen LogP contribution in [-0.2, 0) is 6.54 Å². The quantitative estimate of drug-likeness (QED) is 0.851. The molecule has 0 amide bonds. The molecule has 1 heterocycles. The van der Waals surface area contributed by atoms with Gasteiger partial charge in [-0.2, -0.15) is 0 Å². The third-order valence-electron chi connectivity index (χ3n) is 4.03. The summed E-state index contributed by atoms with van der Waals surface area (Å²) in [6.45, 7) is 3.10. The van der Waals surface area contributed by atoms with Crippen molar-refractivity contribution in [3.05, 3.63) is 18.2 Å². The predicted octanol–water partition coefficient (Wildman–Crippen LogP) is 3.26. The molecule has 96 valence electrons. The zero-order chi connectivity index (χ0) is 12.1. The summed E-state index contributed by atoms with van der Waals surface area (Å²) in [7, 11) is 0. The largest absolute Gasteiger partial charge is 0.334 e. The van der Waals surface area contributed by atoms with E-state index in [1.165, 1.54) is 38.5 Å². The van der Waals surface area contributed by atoms with Crippen molar-refractivity contribution in [2.24, 2.45) is 11.7 Å². The van der Waals surface area contributed by atoms with E-state index in [9.17, 15) is 0 Å². The molecule has 1 unspecified atom stereocenters. The first-order valence-electron chi connectivity index (χ1n) is 7.08. The van der Waals surface area contributed by atoms with E-state index in [1.807, 2.05) is 12.4 Å². The highest BCUT2D eigenvalue weighted by Gasteiger charge is 2.17. The molecule has 17 heavy (non-hydrogen) atoms. The molecule has 3 nitrogen and oxygen atoms in total. The normalized spacial score (nSPS) is 19.4. The van der Waals surface area contributed by atoms with E-state index in [-0.39, 0.29) is 6.04 Å². The average Bonchev–Trinajstić information content (AvgIpc) is 2.85. The third kappa shape index (κ3) is 3.32. The van der Waals surface area contributed by atoms with E-state index in [0.717, 1.165) is 24.7 Å². The van der Waals surface area contributed by atoms with Gasteiger partial charge >= 0.3 is 0 Å². The molecule has 1 aromatic heterocycles. The molecular formula is C14H25N3. The van der Waals surface area contributed by atoms with Crippen LogP contribution in [0, 0.1) is 5.92 Å². The Labute approximate surface area is 104 Å². The lowest BCUT2D eigenvalue weighted by atomic mass is 9.85. The fraction of sp³-hybridized carbons (Fsp3) is 0.786. The second-order valence-corrected chi connectivity index (χ2v) is 5.26. The first kappa shape index (κ1) is 12.6. The molecule has 0 bridgehead atoms. The molecule has 1 aliphatic rings. The molecule has 0 saturated heterocycles. The highest BCUT2D eigenvalue weighted by Crippen LogP contribution is 2.29. The van der Waals surface area contributed by atoms with Gasteiger partial charge in [-0.3, -0.25) is 0 Å². The summed E-state index contributed by atoms with van der Waals surface area (Å²) in [6.07, 6.45) is 13.3. The van der Waals surface area contributed by atoms with Gasteiger partial charge in [-0.1, -0.05) is 32.1 Å². The van der Waals surface area contributed by atoms with Gasteiger partial charge in [0.1, 0.15) is 5.82 Å². The number of hydrogen-bond donors (Lipinski definition) is 1. The molecule has 1 aliphatic carbocycles. The number of aromatic nitrogens is 2. The molecule has 1 fully saturated rings. The van der Waals surface area contributed by atoms with Crippen LogP contribution in [0.15, 0.2) is 12.4 Å². The monoisotopic (exact) mass is 235 g/mol. The van der Waals surface area contributed by atoms with Gasteiger partial charge in [-0.15, -0.1) is 0 Å². The molecule has 0 aromatic carbocycles. The van der Waals surface area contributed by atoms with Crippen molar-refractivity contribution in [2.45, 2.75) is 64.5 Å². The Kier molecular flexibility index (Phi) is 4.60. The maximum absolute atomic E-state index is 6.25. The van der Waals surface area contributed by atoms with E-state index >= 15 is 0 Å². The Morgan fingerprint density at radius 3 is 2.88 bits per heavy atom. The minimum absolute atomic E-state index is 0.117. The van der Waals surface area contributed by atoms with E-state index in [0.29, 0.717) is 0 Å². The summed E-state index contributed by atoms with van der Waals surface area (Å²) in [5, 5.41) is 0. The number of nitrogens with zero attached hydrogens (tertiary/aromatic N) is 2. The first-order chi connectivity index (χ1) is 8.31. The van der Waals surface area contributed by atoms with Crippen molar-refractivity contribution in [3.63, 3.8) is 0 Å². The standard InChI is InChI=1S/C14H25N3/c1-2-17-11-10-16-14(17)13(15)9-8-12-6-4-3-5-7-12/h10-13H,2-9,15H2,1H3. The van der Waals surface area contributed by atoms with Gasteiger partial charge in [-0.25, -0.2) is 4.98 Å². The van der Waals surface area contributed by atoms with Crippen LogP contribution in [0.3, 0.4) is 0 Å². The third-order valence-corrected chi connectivity index (χ3v) is 4.03. The number of imidazole rings is 1. The summed E-state index contributed by atoms with van der Waals surface area (Å²) in [6, 6.07) is 0.117. The zero-order valence-corrected chi connectivity index (χ0v) is 10.9. The average molecular weight is 235 g/mol. The Balaban J connectivity index is 1.82. The van der Waals surface area contributed by atoms with Gasteiger partial charge in [0.25, 0.3) is 0 Å². The maximum atomic E-state index is 6.25. The lowest BCUT2D eigenvalue weighted by molar-refractivity contribution is 0.321. The molecule has 0 spiro atoms. The Hall–Kier alpha value is -0.830. The maximum Gasteiger partial charge on any atom is 0.125 e. The Morgan fingerprint density at radius 2 is 2.18 bits per heavy atom. The topological polar surface area (TPSA) is 43.8 Å². The van der Waals surface area contributed by atoms with E-state index < -0.39 is 0 Å². The fourth-order valence-electron chi connectivity index (χ4n) is 2.94. The van der Waals surface area contributed by atoms with Gasteiger partial charge < -0.3 is 10.3 Å². The minimum atomic E-state index is 0.117. The summed E-state index contributed by atoms with van der Waals surface area (Å²) >= 11 is 0. The molecule has 0 aliphatic heterocycles. The summed E-state index contributed by atoms with van der Waals surface area (Å²) < 4.78 is 2.16. The molecule has 2 rings (SSSR count). The van der Waals surface area contributed by atoms with Crippen molar-refractivity contribution in [3.8, 4) is 0 Å². The van der Waals surface area contributed by atoms with Crippen LogP contribution in [0.25, 0.3) is 0 Å². The van der Waals surface area contributed by atoms with Crippen molar-refractivity contribution in [2.75, 3.05) is 0 Å². The van der Waals surface area contributed by atoms with Crippen molar-refractivity contribution >= 4 is 0 Å². The molecular weight excluding hydrogens is 210 g/mol. The Morgan fingerprint density at radius 1 is 1.41 bits per heavy atom. The first-order valence-corrected chi connectivity index (χ1v) is 7.08. The summed E-state index contributed by atoms with van der Waals surface area (Å²) in [4.78, 5) is 4.39. The lowest BCUT2D eigenvalue weighted by Gasteiger charge is -2.23. The number of aryl methyl sites for hydroxylation is 1. The van der Waals surface area contributed by atoms with E-state index in [4.69, 9.17) is 5.73 Å². The minimum Gasteiger partial charge on any atom is -0.334 e. The second-order valence-electron chi connectivity index (χ2n) is 5.26. The van der Waals surface area contributed by atoms with Crippen molar-refractivity contribution < 1.29 is 0 Å². The van der Waals surface area contributed by atoms with Crippen LogP contribution in [0.4, 0.5) is 0 Å². The lowest BCUT2D eigenvalue weighted by Crippen LogP contribution is -2.18. The summed E-state index contributed by atoms with van der Waals surface area (Å²) in [5.41, 5.74) is 6.25. The van der Waals surface area contributed by atoms with Crippen molar-refractivity contribution in [1.82, 2.24) is 9.55 Å². The zero-order valence-electron chi connectivity index (χ0n) is 10.9. The van der Waals surface area contributed by atoms with Gasteiger partial charge in [0, 0.05) is 18.9 Å². The predicted molar refractivity (Wildman–Crippen MR) is 70.6 cm³/mol. The van der Waals surface area contributed by atoms with Crippen LogP contribution >= 0.6 is 0 Å². The molecule has 2 N–H and O–H groups in total. The molecule has 3 heteroatoms. The van der Waals surface area contributed by atoms with Crippen LogP contribution < -0.4 is 5.73 Å². The van der Waals surface area contributed by atoms with Crippen LogP contribution in [0.1, 0.15) is 63.7 Å². The fourth-order valence-corrected chi connectivity index (χ4v) is 2.94. The van der Waals surface area contributed by atoms with E-state index in [2.05, 4.69) is 16.5 Å². The number of nitrogens with two attached hydrogens (primary N) is 1. The molecule has 1 saturated carbocycles. The highest BCUT2D eigenvalue weighted by molar-refractivity contribution is 4.98. The van der Waals surface area contributed by atoms with Crippen LogP contribution in [0.5, 0.6) is 0 Å². The van der Waals surface area contributed by atoms with Gasteiger partial charge in [0.2, 0.25) is 0 Å².